The van der Waals surface area contributed by atoms with E-state index in [4.69, 9.17) is 4.74 Å². The zero-order valence-electron chi connectivity index (χ0n) is 10.3. The van der Waals surface area contributed by atoms with Gasteiger partial charge in [0.1, 0.15) is 5.75 Å². The van der Waals surface area contributed by atoms with E-state index in [2.05, 4.69) is 47.7 Å². The molecule has 2 aliphatic rings. The lowest BCUT2D eigenvalue weighted by Crippen LogP contribution is -2.02. The number of rotatable bonds is 4. The zero-order valence-corrected chi connectivity index (χ0v) is 12.4. The van der Waals surface area contributed by atoms with Crippen LogP contribution in [0.4, 0.5) is 0 Å². The minimum Gasteiger partial charge on any atom is -0.493 e. The predicted octanol–water partition coefficient (Wildman–Crippen LogP) is 4.41. The van der Waals surface area contributed by atoms with Gasteiger partial charge in [0.05, 0.1) is 6.61 Å². The number of ether oxygens (including phenoxy) is 1. The lowest BCUT2D eigenvalue weighted by molar-refractivity contribution is 0.291. The van der Waals surface area contributed by atoms with Gasteiger partial charge in [0, 0.05) is 3.57 Å². The summed E-state index contributed by atoms with van der Waals surface area (Å²) in [5.74, 6) is 4.19. The van der Waals surface area contributed by atoms with Crippen LogP contribution in [-0.4, -0.2) is 6.61 Å². The van der Waals surface area contributed by atoms with Crippen molar-refractivity contribution in [2.45, 2.75) is 32.6 Å². The van der Waals surface area contributed by atoms with Crippen molar-refractivity contribution in [3.63, 3.8) is 0 Å². The number of hydrogen-bond donors (Lipinski definition) is 0. The van der Waals surface area contributed by atoms with Gasteiger partial charge in [0.2, 0.25) is 0 Å². The molecule has 0 aliphatic heterocycles. The Kier molecular flexibility index (Phi) is 3.33. The summed E-state index contributed by atoms with van der Waals surface area (Å²) in [6.07, 6.45) is 5.71. The maximum absolute atomic E-state index is 5.90. The van der Waals surface area contributed by atoms with Gasteiger partial charge in [0.25, 0.3) is 0 Å². The highest BCUT2D eigenvalue weighted by Crippen LogP contribution is 2.58. The Morgan fingerprint density at radius 3 is 2.76 bits per heavy atom. The van der Waals surface area contributed by atoms with Crippen molar-refractivity contribution >= 4 is 22.6 Å². The lowest BCUT2D eigenvalue weighted by atomic mass is 10.1. The van der Waals surface area contributed by atoms with Gasteiger partial charge < -0.3 is 4.74 Å². The summed E-state index contributed by atoms with van der Waals surface area (Å²) >= 11 is 2.34. The van der Waals surface area contributed by atoms with Crippen LogP contribution in [0.3, 0.4) is 0 Å². The topological polar surface area (TPSA) is 9.23 Å². The average Bonchev–Trinajstić information content (AvgIpc) is 2.73. The molecule has 0 radical (unpaired) electrons. The van der Waals surface area contributed by atoms with Crippen LogP contribution in [0.15, 0.2) is 18.2 Å². The third kappa shape index (κ3) is 2.47. The number of halogens is 1. The first-order chi connectivity index (χ1) is 8.25. The molecule has 2 aliphatic carbocycles. The van der Waals surface area contributed by atoms with E-state index in [1.807, 2.05) is 0 Å². The quantitative estimate of drug-likeness (QED) is 0.737. The van der Waals surface area contributed by atoms with E-state index in [9.17, 15) is 0 Å². The first kappa shape index (κ1) is 11.8. The van der Waals surface area contributed by atoms with Crippen LogP contribution >= 0.6 is 22.6 Å². The molecule has 2 unspecified atom stereocenters. The van der Waals surface area contributed by atoms with Crippen molar-refractivity contribution in [1.29, 1.82) is 0 Å². The fourth-order valence-corrected chi connectivity index (χ4v) is 4.12. The second kappa shape index (κ2) is 4.79. The monoisotopic (exact) mass is 342 g/mol. The maximum Gasteiger partial charge on any atom is 0.122 e. The molecule has 2 fully saturated rings. The van der Waals surface area contributed by atoms with Crippen LogP contribution in [-0.2, 0) is 0 Å². The molecule has 1 aromatic rings. The normalized spacial score (nSPS) is 30.1. The fourth-order valence-electron chi connectivity index (χ4n) is 3.48. The molecular formula is C15H19IO. The van der Waals surface area contributed by atoms with Crippen LogP contribution < -0.4 is 4.74 Å². The summed E-state index contributed by atoms with van der Waals surface area (Å²) in [7, 11) is 0. The first-order valence-electron chi connectivity index (χ1n) is 6.64. The minimum absolute atomic E-state index is 0.902. The summed E-state index contributed by atoms with van der Waals surface area (Å²) in [6, 6.07) is 6.40. The van der Waals surface area contributed by atoms with Gasteiger partial charge in [-0.15, -0.1) is 0 Å². The molecule has 3 rings (SSSR count). The van der Waals surface area contributed by atoms with E-state index in [0.29, 0.717) is 0 Å². The molecule has 0 amide bonds. The third-order valence-electron chi connectivity index (χ3n) is 4.43. The smallest absolute Gasteiger partial charge is 0.122 e. The highest BCUT2D eigenvalue weighted by Gasteiger charge is 2.51. The van der Waals surface area contributed by atoms with E-state index < -0.39 is 0 Å². The highest BCUT2D eigenvalue weighted by atomic mass is 127. The van der Waals surface area contributed by atoms with Crippen molar-refractivity contribution in [1.82, 2.24) is 0 Å². The van der Waals surface area contributed by atoms with Gasteiger partial charge in [-0.3, -0.25) is 0 Å². The number of benzene rings is 1. The Hall–Kier alpha value is -0.250. The summed E-state index contributed by atoms with van der Waals surface area (Å²) in [6.45, 7) is 3.03. The van der Waals surface area contributed by atoms with Crippen molar-refractivity contribution in [3.8, 4) is 5.75 Å². The van der Waals surface area contributed by atoms with Crippen molar-refractivity contribution in [2.75, 3.05) is 6.61 Å². The molecule has 2 atom stereocenters. The molecule has 17 heavy (non-hydrogen) atoms. The van der Waals surface area contributed by atoms with Crippen molar-refractivity contribution in [2.24, 2.45) is 17.8 Å². The van der Waals surface area contributed by atoms with Crippen LogP contribution in [0.1, 0.15) is 31.2 Å². The second-order valence-electron chi connectivity index (χ2n) is 5.47. The molecule has 0 spiro atoms. The lowest BCUT2D eigenvalue weighted by Gasteiger charge is -2.10. The van der Waals surface area contributed by atoms with Crippen LogP contribution in [0.25, 0.3) is 0 Å². The second-order valence-corrected chi connectivity index (χ2v) is 6.72. The SMILES string of the molecule is Cc1cc(I)ccc1OCCC1C2CCCC21. The van der Waals surface area contributed by atoms with Gasteiger partial charge in [0.15, 0.2) is 0 Å². The minimum atomic E-state index is 0.902. The largest absolute Gasteiger partial charge is 0.493 e. The van der Waals surface area contributed by atoms with Crippen LogP contribution in [0, 0.1) is 28.2 Å². The number of aryl methyl sites for hydroxylation is 1. The summed E-state index contributed by atoms with van der Waals surface area (Å²) in [5, 5.41) is 0. The molecule has 0 heterocycles. The van der Waals surface area contributed by atoms with Gasteiger partial charge in [-0.1, -0.05) is 6.42 Å². The third-order valence-corrected chi connectivity index (χ3v) is 5.10. The Bertz CT molecular complexity index is 405. The Morgan fingerprint density at radius 1 is 1.29 bits per heavy atom. The van der Waals surface area contributed by atoms with Gasteiger partial charge >= 0.3 is 0 Å². The van der Waals surface area contributed by atoms with Gasteiger partial charge in [-0.05, 0) is 90.3 Å². The van der Waals surface area contributed by atoms with E-state index >= 15 is 0 Å². The van der Waals surface area contributed by atoms with Crippen molar-refractivity contribution < 1.29 is 4.74 Å². The van der Waals surface area contributed by atoms with E-state index in [1.54, 1.807) is 0 Å². The van der Waals surface area contributed by atoms with E-state index in [-0.39, 0.29) is 0 Å². The van der Waals surface area contributed by atoms with Crippen LogP contribution in [0.2, 0.25) is 0 Å². The van der Waals surface area contributed by atoms with E-state index in [0.717, 1.165) is 30.1 Å². The Morgan fingerprint density at radius 2 is 2.06 bits per heavy atom. The molecule has 0 N–H and O–H groups in total. The fraction of sp³-hybridized carbons (Fsp3) is 0.600. The average molecular weight is 342 g/mol. The van der Waals surface area contributed by atoms with Gasteiger partial charge in [-0.25, -0.2) is 0 Å². The summed E-state index contributed by atoms with van der Waals surface area (Å²) in [5.41, 5.74) is 1.26. The summed E-state index contributed by atoms with van der Waals surface area (Å²) < 4.78 is 7.19. The molecule has 2 heteroatoms. The Labute approximate surface area is 117 Å². The van der Waals surface area contributed by atoms with Crippen molar-refractivity contribution in [3.05, 3.63) is 27.3 Å². The number of hydrogen-bond acceptors (Lipinski definition) is 1. The van der Waals surface area contributed by atoms with Gasteiger partial charge in [-0.2, -0.15) is 0 Å². The Balaban J connectivity index is 1.48. The predicted molar refractivity (Wildman–Crippen MR) is 78.3 cm³/mol. The maximum atomic E-state index is 5.90. The molecule has 0 saturated heterocycles. The standard InChI is InChI=1S/C15H19IO/c1-10-9-11(16)5-6-15(10)17-8-7-14-12-3-2-4-13(12)14/h5-6,9,12-14H,2-4,7-8H2,1H3. The molecule has 1 aromatic carbocycles. The van der Waals surface area contributed by atoms with E-state index in [1.165, 1.54) is 34.8 Å². The molecule has 1 nitrogen and oxygen atoms in total. The summed E-state index contributed by atoms with van der Waals surface area (Å²) in [4.78, 5) is 0. The molecule has 92 valence electrons. The first-order valence-corrected chi connectivity index (χ1v) is 7.72. The molecule has 2 saturated carbocycles. The molecule has 0 bridgehead atoms. The molecule has 0 aromatic heterocycles. The molecular weight excluding hydrogens is 323 g/mol. The zero-order chi connectivity index (χ0) is 11.8. The number of fused-ring (bicyclic) bond motifs is 1. The van der Waals surface area contributed by atoms with Crippen LogP contribution in [0.5, 0.6) is 5.75 Å². The highest BCUT2D eigenvalue weighted by molar-refractivity contribution is 14.1.